The highest BCUT2D eigenvalue weighted by molar-refractivity contribution is 6.32. The first kappa shape index (κ1) is 28.4. The van der Waals surface area contributed by atoms with Gasteiger partial charge in [0.25, 0.3) is 0 Å². The third-order valence-corrected chi connectivity index (χ3v) is 6.97. The summed E-state index contributed by atoms with van der Waals surface area (Å²) in [5, 5.41) is -0.266. The molecule has 0 radical (unpaired) electrons. The van der Waals surface area contributed by atoms with Crippen LogP contribution in [0.1, 0.15) is 45.0 Å². The first-order valence-electron chi connectivity index (χ1n) is 12.7. The van der Waals surface area contributed by atoms with Gasteiger partial charge in [0.1, 0.15) is 12.0 Å². The Kier molecular flexibility index (Phi) is 9.79. The summed E-state index contributed by atoms with van der Waals surface area (Å²) in [6, 6.07) is 31.1. The number of carbonyl (C=O) groups excluding carboxylic acids is 1. The lowest BCUT2D eigenvalue weighted by atomic mass is 9.90. The lowest BCUT2D eigenvalue weighted by Crippen LogP contribution is -2.31. The smallest absolute Gasteiger partial charge is 0.417 e. The minimum atomic E-state index is -4.53. The molecule has 0 aliphatic rings. The van der Waals surface area contributed by atoms with Crippen LogP contribution >= 0.6 is 11.6 Å². The number of aldehydes is 1. The van der Waals surface area contributed by atoms with Crippen molar-refractivity contribution in [1.29, 1.82) is 0 Å². The van der Waals surface area contributed by atoms with Crippen molar-refractivity contribution >= 4 is 17.9 Å². The van der Waals surface area contributed by atoms with Gasteiger partial charge in [0, 0.05) is 31.1 Å². The fourth-order valence-corrected chi connectivity index (χ4v) is 4.84. The minimum absolute atomic E-state index is 0.00813. The van der Waals surface area contributed by atoms with E-state index in [1.165, 1.54) is 6.07 Å². The van der Waals surface area contributed by atoms with E-state index in [9.17, 15) is 18.0 Å². The maximum absolute atomic E-state index is 13.5. The highest BCUT2D eigenvalue weighted by Crippen LogP contribution is 2.37. The third kappa shape index (κ3) is 7.94. The average Bonchev–Trinajstić information content (AvgIpc) is 2.95. The quantitative estimate of drug-likeness (QED) is 0.131. The number of halogens is 4. The Balaban J connectivity index is 1.55. The number of nitrogens with zero attached hydrogens (tertiary/aromatic N) is 1. The van der Waals surface area contributed by atoms with E-state index >= 15 is 0 Å². The summed E-state index contributed by atoms with van der Waals surface area (Å²) in [5.41, 5.74) is 2.41. The van der Waals surface area contributed by atoms with Crippen LogP contribution in [0.15, 0.2) is 103 Å². The van der Waals surface area contributed by atoms with E-state index in [1.807, 2.05) is 36.4 Å². The Labute approximate surface area is 231 Å². The van der Waals surface area contributed by atoms with Gasteiger partial charge in [-0.1, -0.05) is 84.4 Å². The maximum Gasteiger partial charge on any atom is 0.417 e. The molecule has 0 fully saturated rings. The van der Waals surface area contributed by atoms with Gasteiger partial charge in [-0.25, -0.2) is 0 Å². The summed E-state index contributed by atoms with van der Waals surface area (Å²) < 4.78 is 46.5. The number of ether oxygens (including phenoxy) is 1. The Hall–Kier alpha value is -3.61. The van der Waals surface area contributed by atoms with Gasteiger partial charge in [-0.2, -0.15) is 13.2 Å². The Morgan fingerprint density at radius 2 is 1.44 bits per heavy atom. The van der Waals surface area contributed by atoms with E-state index in [0.29, 0.717) is 43.0 Å². The topological polar surface area (TPSA) is 29.5 Å². The second-order valence-electron chi connectivity index (χ2n) is 9.27. The first-order chi connectivity index (χ1) is 18.8. The summed E-state index contributed by atoms with van der Waals surface area (Å²) in [5.74, 6) is 0.660. The lowest BCUT2D eigenvalue weighted by Gasteiger charge is -2.29. The van der Waals surface area contributed by atoms with Crippen molar-refractivity contribution in [2.45, 2.75) is 25.1 Å². The zero-order valence-corrected chi connectivity index (χ0v) is 22.0. The summed E-state index contributed by atoms with van der Waals surface area (Å²) in [7, 11) is 0. The lowest BCUT2D eigenvalue weighted by molar-refractivity contribution is -0.137. The highest BCUT2D eigenvalue weighted by atomic mass is 35.5. The monoisotopic (exact) mass is 551 g/mol. The molecule has 0 aromatic heterocycles. The standard InChI is InChI=1S/C32H29ClF3NO2/c33-31-27(13-7-14-30(31)32(34,35)36)21-37(19-8-20-39-28-17-15-24(23-38)16-18-28)22-29(25-9-3-1-4-10-25)26-11-5-2-6-12-26/h1-7,9-18,23,29H,8,19-22H2. The van der Waals surface area contributed by atoms with Crippen LogP contribution in [0.3, 0.4) is 0 Å². The molecule has 0 saturated heterocycles. The molecule has 3 nitrogen and oxygen atoms in total. The SMILES string of the molecule is O=Cc1ccc(OCCCN(Cc2cccc(C(F)(F)F)c2Cl)CC(c2ccccc2)c2ccccc2)cc1. The Bertz CT molecular complexity index is 1290. The number of hydrogen-bond donors (Lipinski definition) is 0. The van der Waals surface area contributed by atoms with E-state index < -0.39 is 11.7 Å². The summed E-state index contributed by atoms with van der Waals surface area (Å²) in [6.45, 7) is 1.82. The maximum atomic E-state index is 13.5. The highest BCUT2D eigenvalue weighted by Gasteiger charge is 2.34. The van der Waals surface area contributed by atoms with Crippen LogP contribution in [-0.4, -0.2) is 30.9 Å². The van der Waals surface area contributed by atoms with Crippen LogP contribution in [0.2, 0.25) is 5.02 Å². The zero-order valence-electron chi connectivity index (χ0n) is 21.3. The summed E-state index contributed by atoms with van der Waals surface area (Å²) >= 11 is 6.28. The van der Waals surface area contributed by atoms with Gasteiger partial charge < -0.3 is 4.74 Å². The molecular formula is C32H29ClF3NO2. The molecule has 4 rings (SSSR count). The van der Waals surface area contributed by atoms with Crippen molar-refractivity contribution in [1.82, 2.24) is 4.90 Å². The van der Waals surface area contributed by atoms with Crippen LogP contribution in [0.25, 0.3) is 0 Å². The number of benzene rings is 4. The molecule has 0 spiro atoms. The Morgan fingerprint density at radius 3 is 2.00 bits per heavy atom. The predicted molar refractivity (Wildman–Crippen MR) is 148 cm³/mol. The van der Waals surface area contributed by atoms with Gasteiger partial charge >= 0.3 is 6.18 Å². The van der Waals surface area contributed by atoms with E-state index in [0.717, 1.165) is 23.5 Å². The molecule has 0 atom stereocenters. The van der Waals surface area contributed by atoms with Gasteiger partial charge in [-0.05, 0) is 53.4 Å². The number of carbonyl (C=O) groups is 1. The summed E-state index contributed by atoms with van der Waals surface area (Å²) in [4.78, 5) is 13.0. The average molecular weight is 552 g/mol. The molecule has 0 heterocycles. The fraction of sp³-hybridized carbons (Fsp3) is 0.219. The molecular weight excluding hydrogens is 523 g/mol. The predicted octanol–water partition coefficient (Wildman–Crippen LogP) is 8.27. The van der Waals surface area contributed by atoms with Gasteiger partial charge in [0.05, 0.1) is 17.2 Å². The molecule has 4 aromatic rings. The first-order valence-corrected chi connectivity index (χ1v) is 13.1. The van der Waals surface area contributed by atoms with Gasteiger partial charge in [0.15, 0.2) is 0 Å². The van der Waals surface area contributed by atoms with E-state index in [-0.39, 0.29) is 17.5 Å². The van der Waals surface area contributed by atoms with Crippen molar-refractivity contribution in [3.8, 4) is 5.75 Å². The molecule has 0 bridgehead atoms. The zero-order chi connectivity index (χ0) is 27.7. The van der Waals surface area contributed by atoms with Crippen molar-refractivity contribution < 1.29 is 22.7 Å². The van der Waals surface area contributed by atoms with Crippen LogP contribution < -0.4 is 4.74 Å². The normalized spacial score (nSPS) is 11.6. The molecule has 39 heavy (non-hydrogen) atoms. The Morgan fingerprint density at radius 1 is 0.821 bits per heavy atom. The molecule has 202 valence electrons. The van der Waals surface area contributed by atoms with Crippen molar-refractivity contribution in [3.05, 3.63) is 136 Å². The molecule has 4 aromatic carbocycles. The number of hydrogen-bond acceptors (Lipinski definition) is 3. The molecule has 0 aliphatic heterocycles. The largest absolute Gasteiger partial charge is 0.494 e. The van der Waals surface area contributed by atoms with Crippen LogP contribution in [0.4, 0.5) is 13.2 Å². The second kappa shape index (κ2) is 13.5. The molecule has 0 saturated carbocycles. The van der Waals surface area contributed by atoms with Crippen LogP contribution in [-0.2, 0) is 12.7 Å². The van der Waals surface area contributed by atoms with E-state index in [4.69, 9.17) is 16.3 Å². The van der Waals surface area contributed by atoms with Crippen molar-refractivity contribution in [2.24, 2.45) is 0 Å². The molecule has 0 unspecified atom stereocenters. The summed E-state index contributed by atoms with van der Waals surface area (Å²) in [6.07, 6.45) is -3.11. The van der Waals surface area contributed by atoms with Gasteiger partial charge in [0.2, 0.25) is 0 Å². The fourth-order valence-electron chi connectivity index (χ4n) is 4.55. The molecule has 7 heteroatoms. The molecule has 0 amide bonds. The molecule has 0 aliphatic carbocycles. The van der Waals surface area contributed by atoms with E-state index in [2.05, 4.69) is 29.2 Å². The van der Waals surface area contributed by atoms with E-state index in [1.54, 1.807) is 30.3 Å². The minimum Gasteiger partial charge on any atom is -0.494 e. The number of alkyl halides is 3. The second-order valence-corrected chi connectivity index (χ2v) is 9.65. The van der Waals surface area contributed by atoms with Crippen molar-refractivity contribution in [3.63, 3.8) is 0 Å². The number of rotatable bonds is 12. The third-order valence-electron chi connectivity index (χ3n) is 6.53. The molecule has 0 N–H and O–H groups in total. The van der Waals surface area contributed by atoms with Gasteiger partial charge in [-0.15, -0.1) is 0 Å². The van der Waals surface area contributed by atoms with Crippen LogP contribution in [0.5, 0.6) is 5.75 Å². The van der Waals surface area contributed by atoms with Crippen molar-refractivity contribution in [2.75, 3.05) is 19.7 Å². The van der Waals surface area contributed by atoms with Gasteiger partial charge in [-0.3, -0.25) is 9.69 Å². The van der Waals surface area contributed by atoms with Crippen LogP contribution in [0, 0.1) is 0 Å².